The zero-order valence-electron chi connectivity index (χ0n) is 13.6. The minimum atomic E-state index is -4.45. The lowest BCUT2D eigenvalue weighted by Crippen LogP contribution is -2.13. The molecule has 1 aromatic carbocycles. The highest BCUT2D eigenvalue weighted by molar-refractivity contribution is 6.03. The third kappa shape index (κ3) is 3.70. The number of hydrogen-bond acceptors (Lipinski definition) is 4. The largest absolute Gasteiger partial charge is 0.416 e. The van der Waals surface area contributed by atoms with E-state index in [2.05, 4.69) is 20.4 Å². The summed E-state index contributed by atoms with van der Waals surface area (Å²) in [6, 6.07) is 7.41. The fourth-order valence-electron chi connectivity index (χ4n) is 2.46. The van der Waals surface area contributed by atoms with Crippen molar-refractivity contribution in [3.05, 3.63) is 72.4 Å². The van der Waals surface area contributed by atoms with E-state index >= 15 is 0 Å². The van der Waals surface area contributed by atoms with Gasteiger partial charge in [-0.2, -0.15) is 13.2 Å². The van der Waals surface area contributed by atoms with E-state index in [0.29, 0.717) is 11.5 Å². The molecule has 0 unspecified atom stereocenters. The Labute approximate surface area is 157 Å². The van der Waals surface area contributed by atoms with Crippen LogP contribution in [-0.2, 0) is 6.18 Å². The van der Waals surface area contributed by atoms with Crippen molar-refractivity contribution in [2.75, 3.05) is 5.32 Å². The number of rotatable bonds is 3. The van der Waals surface area contributed by atoms with Crippen LogP contribution in [0.5, 0.6) is 0 Å². The molecule has 0 bridgehead atoms. The second-order valence-corrected chi connectivity index (χ2v) is 5.62. The number of amides is 1. The minimum Gasteiger partial charge on any atom is -0.305 e. The molecule has 10 heteroatoms. The van der Waals surface area contributed by atoms with Gasteiger partial charge < -0.3 is 5.32 Å². The Morgan fingerprint density at radius 2 is 1.82 bits per heavy atom. The van der Waals surface area contributed by atoms with Gasteiger partial charge in [-0.15, -0.1) is 5.10 Å². The Balaban J connectivity index is 0.00000225. The molecule has 0 saturated carbocycles. The first-order valence-corrected chi connectivity index (χ1v) is 7.73. The molecule has 1 N–H and O–H groups in total. The maximum absolute atomic E-state index is 12.6. The lowest BCUT2D eigenvalue weighted by Gasteiger charge is -2.07. The van der Waals surface area contributed by atoms with Crippen molar-refractivity contribution in [1.29, 1.82) is 0 Å². The van der Waals surface area contributed by atoms with Crippen LogP contribution in [0.3, 0.4) is 0 Å². The summed E-state index contributed by atoms with van der Waals surface area (Å²) in [5, 5.41) is 6.91. The average molecular weight is 388 g/mol. The molecule has 0 aliphatic heterocycles. The van der Waals surface area contributed by atoms with E-state index in [1.807, 2.05) is 0 Å². The van der Waals surface area contributed by atoms with Crippen LogP contribution in [0.4, 0.5) is 19.0 Å². The first-order chi connectivity index (χ1) is 12.9. The lowest BCUT2D eigenvalue weighted by molar-refractivity contribution is -0.137. The molecule has 1 amide bonds. The number of halogens is 3. The van der Waals surface area contributed by atoms with Crippen molar-refractivity contribution in [2.24, 2.45) is 0 Å². The van der Waals surface area contributed by atoms with E-state index in [1.54, 1.807) is 35.4 Å². The molecular weight excluding hydrogens is 373 g/mol. The monoisotopic (exact) mass is 388 g/mol. The van der Waals surface area contributed by atoms with E-state index in [1.165, 1.54) is 10.7 Å². The summed E-state index contributed by atoms with van der Waals surface area (Å²) in [5.41, 5.74) is -0.225. The summed E-state index contributed by atoms with van der Waals surface area (Å²) in [4.78, 5) is 20.4. The molecule has 4 rings (SSSR count). The molecule has 28 heavy (non-hydrogen) atoms. The number of aromatic nitrogens is 5. The Bertz CT molecular complexity index is 1100. The van der Waals surface area contributed by atoms with Gasteiger partial charge in [0.15, 0.2) is 17.3 Å². The molecule has 0 saturated heterocycles. The van der Waals surface area contributed by atoms with Gasteiger partial charge in [-0.25, -0.2) is 14.5 Å². The van der Waals surface area contributed by atoms with Crippen molar-refractivity contribution >= 4 is 17.4 Å². The SMILES string of the molecule is C.O=C(Nc1cn2nc(-n3ccnc3)ccc2n1)c1ccc(C(F)(F)F)cc1. The smallest absolute Gasteiger partial charge is 0.305 e. The number of imidazole rings is 2. The van der Waals surface area contributed by atoms with Crippen LogP contribution in [0.2, 0.25) is 0 Å². The summed E-state index contributed by atoms with van der Waals surface area (Å²) in [5.74, 6) is 0.273. The summed E-state index contributed by atoms with van der Waals surface area (Å²) in [7, 11) is 0. The molecule has 0 aliphatic carbocycles. The van der Waals surface area contributed by atoms with Gasteiger partial charge in [-0.1, -0.05) is 7.43 Å². The third-order valence-electron chi connectivity index (χ3n) is 3.79. The Hall–Kier alpha value is -3.69. The van der Waals surface area contributed by atoms with Crippen molar-refractivity contribution in [1.82, 2.24) is 24.1 Å². The number of carbonyl (C=O) groups excluding carboxylic acids is 1. The molecule has 0 atom stereocenters. The molecular formula is C18H15F3N6O. The van der Waals surface area contributed by atoms with E-state index in [9.17, 15) is 18.0 Å². The van der Waals surface area contributed by atoms with Gasteiger partial charge >= 0.3 is 6.18 Å². The maximum Gasteiger partial charge on any atom is 0.416 e. The number of anilines is 1. The summed E-state index contributed by atoms with van der Waals surface area (Å²) in [6.07, 6.45) is 2.01. The Kier molecular flexibility index (Phi) is 4.87. The molecule has 0 radical (unpaired) electrons. The average Bonchev–Trinajstić information content (AvgIpc) is 3.29. The van der Waals surface area contributed by atoms with Crippen molar-refractivity contribution in [2.45, 2.75) is 13.6 Å². The first kappa shape index (κ1) is 19.1. The minimum absolute atomic E-state index is 0. The maximum atomic E-state index is 12.6. The fourth-order valence-corrected chi connectivity index (χ4v) is 2.46. The lowest BCUT2D eigenvalue weighted by atomic mass is 10.1. The fraction of sp³-hybridized carbons (Fsp3) is 0.111. The van der Waals surface area contributed by atoms with E-state index in [-0.39, 0.29) is 18.8 Å². The van der Waals surface area contributed by atoms with Gasteiger partial charge in [0, 0.05) is 18.0 Å². The van der Waals surface area contributed by atoms with Crippen LogP contribution in [0.15, 0.2) is 61.3 Å². The number of nitrogens with zero attached hydrogens (tertiary/aromatic N) is 5. The number of fused-ring (bicyclic) bond motifs is 1. The van der Waals surface area contributed by atoms with Crippen LogP contribution in [0.1, 0.15) is 23.3 Å². The highest BCUT2D eigenvalue weighted by atomic mass is 19.4. The summed E-state index contributed by atoms with van der Waals surface area (Å²) >= 11 is 0. The van der Waals surface area contributed by atoms with Gasteiger partial charge in [-0.3, -0.25) is 9.36 Å². The third-order valence-corrected chi connectivity index (χ3v) is 3.79. The van der Waals surface area contributed by atoms with E-state index in [4.69, 9.17) is 0 Å². The zero-order valence-corrected chi connectivity index (χ0v) is 13.6. The van der Waals surface area contributed by atoms with Crippen LogP contribution in [0, 0.1) is 0 Å². The van der Waals surface area contributed by atoms with Gasteiger partial charge in [0.05, 0.1) is 11.8 Å². The van der Waals surface area contributed by atoms with Gasteiger partial charge in [0.1, 0.15) is 6.33 Å². The molecule has 3 aromatic heterocycles. The molecule has 144 valence electrons. The normalized spacial score (nSPS) is 11.2. The standard InChI is InChI=1S/C17H11F3N6O.CH4/c18-17(19,20)12-3-1-11(2-4-12)16(27)23-13-9-26-14(22-13)5-6-15(24-26)25-8-7-21-10-25;/h1-10H,(H,23,27);1H4. The van der Waals surface area contributed by atoms with Gasteiger partial charge in [0.25, 0.3) is 5.91 Å². The zero-order chi connectivity index (χ0) is 19.0. The van der Waals surface area contributed by atoms with Crippen LogP contribution in [-0.4, -0.2) is 30.1 Å². The highest BCUT2D eigenvalue weighted by Crippen LogP contribution is 2.29. The van der Waals surface area contributed by atoms with Crippen LogP contribution < -0.4 is 5.32 Å². The molecule has 4 aromatic rings. The molecule has 0 aliphatic rings. The number of nitrogens with one attached hydrogen (secondary N) is 1. The van der Waals surface area contributed by atoms with Crippen molar-refractivity contribution in [3.63, 3.8) is 0 Å². The van der Waals surface area contributed by atoms with Gasteiger partial charge in [-0.05, 0) is 36.4 Å². The number of benzene rings is 1. The highest BCUT2D eigenvalue weighted by Gasteiger charge is 2.30. The van der Waals surface area contributed by atoms with Gasteiger partial charge in [0.2, 0.25) is 0 Å². The number of alkyl halides is 3. The second kappa shape index (κ2) is 7.14. The second-order valence-electron chi connectivity index (χ2n) is 5.62. The van der Waals surface area contributed by atoms with E-state index < -0.39 is 17.6 Å². The Morgan fingerprint density at radius 3 is 2.46 bits per heavy atom. The van der Waals surface area contributed by atoms with Crippen LogP contribution >= 0.6 is 0 Å². The topological polar surface area (TPSA) is 77.1 Å². The number of carbonyl (C=O) groups is 1. The predicted molar refractivity (Wildman–Crippen MR) is 96.2 cm³/mol. The molecule has 7 nitrogen and oxygen atoms in total. The molecule has 0 fully saturated rings. The predicted octanol–water partition coefficient (Wildman–Crippen LogP) is 3.82. The number of hydrogen-bond donors (Lipinski definition) is 1. The van der Waals surface area contributed by atoms with Crippen LogP contribution in [0.25, 0.3) is 11.5 Å². The Morgan fingerprint density at radius 1 is 1.07 bits per heavy atom. The molecule has 3 heterocycles. The quantitative estimate of drug-likeness (QED) is 0.579. The summed E-state index contributed by atoms with van der Waals surface area (Å²) in [6.45, 7) is 0. The first-order valence-electron chi connectivity index (χ1n) is 7.73. The van der Waals surface area contributed by atoms with E-state index in [0.717, 1.165) is 24.3 Å². The van der Waals surface area contributed by atoms with Crippen molar-refractivity contribution < 1.29 is 18.0 Å². The molecule has 0 spiro atoms. The summed E-state index contributed by atoms with van der Waals surface area (Å²) < 4.78 is 41.0. The van der Waals surface area contributed by atoms with Crippen molar-refractivity contribution in [3.8, 4) is 5.82 Å².